The second-order valence-corrected chi connectivity index (χ2v) is 7.41. The SMILES string of the molecule is CN(c1ncc(Cl)cn1)[C@H]1CC[C@H](C#CCN2CCCCC2)CC1. The van der Waals surface area contributed by atoms with Crippen molar-refractivity contribution in [1.29, 1.82) is 0 Å². The summed E-state index contributed by atoms with van der Waals surface area (Å²) >= 11 is 5.86. The first-order valence-electron chi connectivity index (χ1n) is 9.13. The molecule has 1 aromatic heterocycles. The molecule has 0 aromatic carbocycles. The van der Waals surface area contributed by atoms with Gasteiger partial charge in [-0.1, -0.05) is 29.9 Å². The summed E-state index contributed by atoms with van der Waals surface area (Å²) < 4.78 is 0. The maximum absolute atomic E-state index is 5.86. The van der Waals surface area contributed by atoms with E-state index in [0.29, 0.717) is 17.0 Å². The zero-order chi connectivity index (χ0) is 16.8. The van der Waals surface area contributed by atoms with Gasteiger partial charge in [-0.25, -0.2) is 9.97 Å². The van der Waals surface area contributed by atoms with Gasteiger partial charge in [-0.3, -0.25) is 4.90 Å². The summed E-state index contributed by atoms with van der Waals surface area (Å²) in [5, 5.41) is 0.583. The molecule has 0 N–H and O–H groups in total. The van der Waals surface area contributed by atoms with Crippen molar-refractivity contribution in [3.63, 3.8) is 0 Å². The molecule has 1 aliphatic heterocycles. The third-order valence-electron chi connectivity index (χ3n) is 5.22. The van der Waals surface area contributed by atoms with Crippen LogP contribution in [0.4, 0.5) is 5.95 Å². The molecule has 0 amide bonds. The molecule has 1 saturated carbocycles. The van der Waals surface area contributed by atoms with Gasteiger partial charge in [0.2, 0.25) is 5.95 Å². The topological polar surface area (TPSA) is 32.3 Å². The van der Waals surface area contributed by atoms with E-state index in [4.69, 9.17) is 11.6 Å². The molecule has 1 saturated heterocycles. The lowest BCUT2D eigenvalue weighted by atomic mass is 9.86. The molecule has 2 heterocycles. The van der Waals surface area contributed by atoms with E-state index in [9.17, 15) is 0 Å². The van der Waals surface area contributed by atoms with Crippen molar-refractivity contribution in [3.8, 4) is 11.8 Å². The molecule has 2 aliphatic rings. The van der Waals surface area contributed by atoms with E-state index in [0.717, 1.165) is 25.3 Å². The highest BCUT2D eigenvalue weighted by Gasteiger charge is 2.24. The van der Waals surface area contributed by atoms with E-state index in [-0.39, 0.29) is 0 Å². The fourth-order valence-corrected chi connectivity index (χ4v) is 3.78. The fourth-order valence-electron chi connectivity index (χ4n) is 3.68. The monoisotopic (exact) mass is 346 g/mol. The van der Waals surface area contributed by atoms with Crippen LogP contribution in [0, 0.1) is 17.8 Å². The number of halogens is 1. The smallest absolute Gasteiger partial charge is 0.225 e. The van der Waals surface area contributed by atoms with Gasteiger partial charge >= 0.3 is 0 Å². The number of hydrogen-bond donors (Lipinski definition) is 0. The van der Waals surface area contributed by atoms with Crippen molar-refractivity contribution >= 4 is 17.5 Å². The molecule has 1 aliphatic carbocycles. The number of hydrogen-bond acceptors (Lipinski definition) is 4. The molecule has 24 heavy (non-hydrogen) atoms. The average molecular weight is 347 g/mol. The minimum atomic E-state index is 0.506. The number of likely N-dealkylation sites (tertiary alicyclic amines) is 1. The van der Waals surface area contributed by atoms with Gasteiger partial charge in [0.25, 0.3) is 0 Å². The van der Waals surface area contributed by atoms with Crippen molar-refractivity contribution in [2.75, 3.05) is 31.6 Å². The van der Waals surface area contributed by atoms with Crippen LogP contribution in [0.5, 0.6) is 0 Å². The van der Waals surface area contributed by atoms with Crippen LogP contribution in [-0.2, 0) is 0 Å². The van der Waals surface area contributed by atoms with Gasteiger partial charge < -0.3 is 4.90 Å². The second-order valence-electron chi connectivity index (χ2n) is 6.98. The Balaban J connectivity index is 1.44. The first-order valence-corrected chi connectivity index (χ1v) is 9.51. The first-order chi connectivity index (χ1) is 11.7. The van der Waals surface area contributed by atoms with E-state index < -0.39 is 0 Å². The number of nitrogens with zero attached hydrogens (tertiary/aromatic N) is 4. The van der Waals surface area contributed by atoms with E-state index in [1.165, 1.54) is 45.2 Å². The predicted molar refractivity (Wildman–Crippen MR) is 99.3 cm³/mol. The molecule has 5 heteroatoms. The third kappa shape index (κ3) is 4.84. The number of anilines is 1. The van der Waals surface area contributed by atoms with Crippen LogP contribution in [0.1, 0.15) is 44.9 Å². The number of piperidine rings is 1. The minimum absolute atomic E-state index is 0.506. The van der Waals surface area contributed by atoms with E-state index in [1.54, 1.807) is 12.4 Å². The zero-order valence-corrected chi connectivity index (χ0v) is 15.3. The quantitative estimate of drug-likeness (QED) is 0.782. The second kappa shape index (κ2) is 8.69. The number of aromatic nitrogens is 2. The highest BCUT2D eigenvalue weighted by molar-refractivity contribution is 6.30. The molecule has 0 atom stereocenters. The van der Waals surface area contributed by atoms with Gasteiger partial charge in [0.1, 0.15) is 0 Å². The molecule has 130 valence electrons. The van der Waals surface area contributed by atoms with E-state index >= 15 is 0 Å². The van der Waals surface area contributed by atoms with E-state index in [1.807, 2.05) is 0 Å². The standard InChI is InChI=1S/C19H27ClN4/c1-23(19-21-14-17(20)15-22-19)18-9-7-16(8-10-18)6-5-13-24-11-3-2-4-12-24/h14-16,18H,2-4,7-13H2,1H3/t16-,18-. The Hall–Kier alpha value is -1.31. The van der Waals surface area contributed by atoms with Crippen molar-refractivity contribution < 1.29 is 0 Å². The van der Waals surface area contributed by atoms with Gasteiger partial charge in [0.05, 0.1) is 24.0 Å². The molecule has 0 bridgehead atoms. The van der Waals surface area contributed by atoms with Gasteiger partial charge in [0, 0.05) is 19.0 Å². The average Bonchev–Trinajstić information content (AvgIpc) is 2.63. The van der Waals surface area contributed by atoms with Crippen LogP contribution in [0.15, 0.2) is 12.4 Å². The lowest BCUT2D eigenvalue weighted by Gasteiger charge is -2.33. The maximum atomic E-state index is 5.86. The van der Waals surface area contributed by atoms with Gasteiger partial charge in [-0.15, -0.1) is 0 Å². The molecule has 1 aromatic rings. The zero-order valence-electron chi connectivity index (χ0n) is 14.5. The predicted octanol–water partition coefficient (Wildman–Crippen LogP) is 3.61. The Bertz CT molecular complexity index is 563. The van der Waals surface area contributed by atoms with Gasteiger partial charge in [-0.2, -0.15) is 0 Å². The van der Waals surface area contributed by atoms with Crippen LogP contribution < -0.4 is 4.90 Å². The number of rotatable bonds is 3. The summed E-state index contributed by atoms with van der Waals surface area (Å²) in [5.74, 6) is 8.27. The Morgan fingerprint density at radius 3 is 2.46 bits per heavy atom. The summed E-state index contributed by atoms with van der Waals surface area (Å²) in [4.78, 5) is 13.3. The first kappa shape index (κ1) is 17.5. The largest absolute Gasteiger partial charge is 0.341 e. The molecule has 0 unspecified atom stereocenters. The Morgan fingerprint density at radius 1 is 1.12 bits per heavy atom. The summed E-state index contributed by atoms with van der Waals surface area (Å²) in [7, 11) is 2.08. The molecule has 4 nitrogen and oxygen atoms in total. The Morgan fingerprint density at radius 2 is 1.79 bits per heavy atom. The lowest BCUT2D eigenvalue weighted by Crippen LogP contribution is -2.36. The van der Waals surface area contributed by atoms with Crippen LogP contribution in [0.25, 0.3) is 0 Å². The molecular weight excluding hydrogens is 320 g/mol. The summed E-state index contributed by atoms with van der Waals surface area (Å²) in [6.45, 7) is 3.42. The molecule has 3 rings (SSSR count). The maximum Gasteiger partial charge on any atom is 0.225 e. The van der Waals surface area contributed by atoms with Gasteiger partial charge in [-0.05, 0) is 51.6 Å². The highest BCUT2D eigenvalue weighted by atomic mass is 35.5. The third-order valence-corrected chi connectivity index (χ3v) is 5.42. The lowest BCUT2D eigenvalue weighted by molar-refractivity contribution is 0.255. The summed E-state index contributed by atoms with van der Waals surface area (Å²) in [6, 6.07) is 0.506. The van der Waals surface area contributed by atoms with Crippen molar-refractivity contribution in [3.05, 3.63) is 17.4 Å². The van der Waals surface area contributed by atoms with Crippen LogP contribution >= 0.6 is 11.6 Å². The minimum Gasteiger partial charge on any atom is -0.341 e. The van der Waals surface area contributed by atoms with Crippen molar-refractivity contribution in [2.24, 2.45) is 5.92 Å². The summed E-state index contributed by atoms with van der Waals surface area (Å²) in [6.07, 6.45) is 12.1. The van der Waals surface area contributed by atoms with Crippen LogP contribution in [-0.4, -0.2) is 47.6 Å². The fraction of sp³-hybridized carbons (Fsp3) is 0.684. The van der Waals surface area contributed by atoms with E-state index in [2.05, 4.69) is 38.7 Å². The van der Waals surface area contributed by atoms with Crippen LogP contribution in [0.2, 0.25) is 5.02 Å². The van der Waals surface area contributed by atoms with Crippen LogP contribution in [0.3, 0.4) is 0 Å². The molecule has 2 fully saturated rings. The van der Waals surface area contributed by atoms with Crippen molar-refractivity contribution in [1.82, 2.24) is 14.9 Å². The Labute approximate surface area is 150 Å². The highest BCUT2D eigenvalue weighted by Crippen LogP contribution is 2.28. The summed E-state index contributed by atoms with van der Waals surface area (Å²) in [5.41, 5.74) is 0. The van der Waals surface area contributed by atoms with Gasteiger partial charge in [0.15, 0.2) is 0 Å². The normalized spacial score (nSPS) is 24.9. The molecule has 0 radical (unpaired) electrons. The Kier molecular flexibility index (Phi) is 6.34. The molecule has 0 spiro atoms. The van der Waals surface area contributed by atoms with Crippen molar-refractivity contribution in [2.45, 2.75) is 51.0 Å². The molecular formula is C19H27ClN4.